The molecule has 0 radical (unpaired) electrons. The molecule has 4 nitrogen and oxygen atoms in total. The summed E-state index contributed by atoms with van der Waals surface area (Å²) < 4.78 is 13.5. The van der Waals surface area contributed by atoms with Crippen LogP contribution in [0.25, 0.3) is 11.0 Å². The summed E-state index contributed by atoms with van der Waals surface area (Å²) >= 11 is 0. The van der Waals surface area contributed by atoms with Crippen molar-refractivity contribution in [3.8, 4) is 0 Å². The maximum atomic E-state index is 13.5. The van der Waals surface area contributed by atoms with Crippen molar-refractivity contribution in [2.45, 2.75) is 85.1 Å². The Balaban J connectivity index is 1.21. The van der Waals surface area contributed by atoms with Crippen molar-refractivity contribution in [1.29, 1.82) is 0 Å². The Labute approximate surface area is 196 Å². The molecule has 0 bridgehead atoms. The first-order valence-corrected chi connectivity index (χ1v) is 13.3. The molecular formula is C28H38FN3O. The lowest BCUT2D eigenvalue weighted by Crippen LogP contribution is -2.53. The average molecular weight is 452 g/mol. The number of hydrogen-bond acceptors (Lipinski definition) is 3. The van der Waals surface area contributed by atoms with Crippen LogP contribution in [0.4, 0.5) is 4.39 Å². The topological polar surface area (TPSA) is 47.8 Å². The Morgan fingerprint density at radius 3 is 2.61 bits per heavy atom. The fourth-order valence-corrected chi connectivity index (χ4v) is 9.25. The number of hydrogen-bond donors (Lipinski definition) is 0. The van der Waals surface area contributed by atoms with Crippen LogP contribution in [0.5, 0.6) is 0 Å². The van der Waals surface area contributed by atoms with Crippen molar-refractivity contribution < 1.29 is 9.18 Å². The summed E-state index contributed by atoms with van der Waals surface area (Å²) in [4.78, 5) is 15.0. The zero-order valence-corrected chi connectivity index (χ0v) is 20.4. The normalized spacial score (nSPS) is 42.5. The summed E-state index contributed by atoms with van der Waals surface area (Å²) in [6, 6.07) is 4.42. The number of halogens is 1. The van der Waals surface area contributed by atoms with Crippen LogP contribution in [0, 0.1) is 52.2 Å². The Morgan fingerprint density at radius 2 is 1.76 bits per heavy atom. The summed E-state index contributed by atoms with van der Waals surface area (Å²) in [6.07, 6.45) is 11.7. The third kappa shape index (κ3) is 3.31. The van der Waals surface area contributed by atoms with Crippen LogP contribution >= 0.6 is 0 Å². The van der Waals surface area contributed by atoms with Gasteiger partial charge in [0.15, 0.2) is 5.78 Å². The quantitative estimate of drug-likeness (QED) is 0.540. The van der Waals surface area contributed by atoms with E-state index in [2.05, 4.69) is 31.0 Å². The number of carbonyl (C=O) groups is 1. The molecule has 6 rings (SSSR count). The lowest BCUT2D eigenvalue weighted by Gasteiger charge is -2.61. The molecule has 4 aliphatic carbocycles. The van der Waals surface area contributed by atoms with Crippen LogP contribution in [0.15, 0.2) is 18.2 Å². The lowest BCUT2D eigenvalue weighted by atomic mass is 9.44. The fourth-order valence-electron chi connectivity index (χ4n) is 9.25. The van der Waals surface area contributed by atoms with Gasteiger partial charge in [0.1, 0.15) is 23.4 Å². The van der Waals surface area contributed by atoms with E-state index < -0.39 is 0 Å². The Hall–Kier alpha value is -1.78. The molecule has 178 valence electrons. The van der Waals surface area contributed by atoms with Crippen LogP contribution in [0.1, 0.15) is 78.6 Å². The van der Waals surface area contributed by atoms with Gasteiger partial charge in [-0.05, 0) is 104 Å². The predicted molar refractivity (Wildman–Crippen MR) is 127 cm³/mol. The molecule has 33 heavy (non-hydrogen) atoms. The first-order valence-electron chi connectivity index (χ1n) is 13.3. The number of rotatable bonds is 3. The summed E-state index contributed by atoms with van der Waals surface area (Å²) in [6.45, 7) is 7.69. The van der Waals surface area contributed by atoms with E-state index in [1.165, 1.54) is 68.3 Å². The highest BCUT2D eigenvalue weighted by Gasteiger charge is 2.60. The Kier molecular flexibility index (Phi) is 5.01. The van der Waals surface area contributed by atoms with Crippen LogP contribution in [-0.4, -0.2) is 20.8 Å². The monoisotopic (exact) mass is 451 g/mol. The smallest absolute Gasteiger partial charge is 0.159 e. The van der Waals surface area contributed by atoms with E-state index in [1.54, 1.807) is 6.07 Å². The minimum atomic E-state index is -0.320. The number of aromatic nitrogens is 3. The Bertz CT molecular complexity index is 1080. The largest absolute Gasteiger partial charge is 0.297 e. The highest BCUT2D eigenvalue weighted by atomic mass is 19.1. The van der Waals surface area contributed by atoms with Gasteiger partial charge < -0.3 is 0 Å². The van der Waals surface area contributed by atoms with Gasteiger partial charge >= 0.3 is 0 Å². The van der Waals surface area contributed by atoms with Gasteiger partial charge in [0.25, 0.3) is 0 Å². The number of carbonyl (C=O) groups excluding carboxylic acids is 1. The van der Waals surface area contributed by atoms with Gasteiger partial charge in [-0.1, -0.05) is 27.2 Å². The molecule has 0 spiro atoms. The fraction of sp³-hybridized carbons (Fsp3) is 0.750. The van der Waals surface area contributed by atoms with E-state index in [-0.39, 0.29) is 29.5 Å². The van der Waals surface area contributed by atoms with E-state index in [0.717, 1.165) is 30.1 Å². The van der Waals surface area contributed by atoms with Crippen molar-refractivity contribution in [1.82, 2.24) is 15.0 Å². The molecule has 0 N–H and O–H groups in total. The van der Waals surface area contributed by atoms with Gasteiger partial charge in [0.05, 0.1) is 0 Å². The third-order valence-electron chi connectivity index (χ3n) is 11.0. The van der Waals surface area contributed by atoms with Crippen LogP contribution in [0.2, 0.25) is 0 Å². The van der Waals surface area contributed by atoms with E-state index >= 15 is 0 Å². The van der Waals surface area contributed by atoms with Crippen LogP contribution in [-0.2, 0) is 11.3 Å². The zero-order valence-electron chi connectivity index (χ0n) is 20.4. The third-order valence-corrected chi connectivity index (χ3v) is 11.0. The second kappa shape index (κ2) is 7.61. The van der Waals surface area contributed by atoms with Gasteiger partial charge in [0, 0.05) is 12.0 Å². The number of benzene rings is 1. The summed E-state index contributed by atoms with van der Waals surface area (Å²) in [5, 5.41) is 8.82. The maximum absolute atomic E-state index is 13.5. The zero-order chi connectivity index (χ0) is 23.0. The molecule has 0 amide bonds. The lowest BCUT2D eigenvalue weighted by molar-refractivity contribution is -0.137. The molecule has 1 heterocycles. The van der Waals surface area contributed by atoms with E-state index in [9.17, 15) is 9.18 Å². The summed E-state index contributed by atoms with van der Waals surface area (Å²) in [7, 11) is 0. The molecule has 1 aromatic heterocycles. The molecule has 4 saturated carbocycles. The van der Waals surface area contributed by atoms with Gasteiger partial charge in [-0.25, -0.2) is 4.39 Å². The minimum Gasteiger partial charge on any atom is -0.297 e. The highest BCUT2D eigenvalue weighted by molar-refractivity contribution is 5.82. The number of fused-ring (bicyclic) bond motifs is 6. The van der Waals surface area contributed by atoms with Crippen molar-refractivity contribution in [2.24, 2.45) is 46.3 Å². The molecular weight excluding hydrogens is 413 g/mol. The van der Waals surface area contributed by atoms with Crippen LogP contribution < -0.4 is 0 Å². The summed E-state index contributed by atoms with van der Waals surface area (Å²) in [5.74, 6) is 4.19. The van der Waals surface area contributed by atoms with E-state index in [1.807, 2.05) is 0 Å². The van der Waals surface area contributed by atoms with Crippen molar-refractivity contribution >= 4 is 16.8 Å². The van der Waals surface area contributed by atoms with E-state index in [0.29, 0.717) is 22.4 Å². The summed E-state index contributed by atoms with van der Waals surface area (Å²) in [5.41, 5.74) is 1.80. The SMILES string of the molecule is CC1CCC2(C)C(CCC3C2CCC2(C)C(C(=O)Cn4nc5ccc(F)cc5n4)CCC32)C1. The van der Waals surface area contributed by atoms with E-state index in [4.69, 9.17) is 0 Å². The molecule has 1 aromatic carbocycles. The molecule has 2 aromatic rings. The molecule has 0 saturated heterocycles. The maximum Gasteiger partial charge on any atom is 0.159 e. The Morgan fingerprint density at radius 1 is 1.00 bits per heavy atom. The highest BCUT2D eigenvalue weighted by Crippen LogP contribution is 2.67. The molecule has 8 atom stereocenters. The van der Waals surface area contributed by atoms with Gasteiger partial charge in [-0.15, -0.1) is 0 Å². The van der Waals surface area contributed by atoms with Gasteiger partial charge in [-0.3, -0.25) is 4.79 Å². The first kappa shape index (κ1) is 21.7. The van der Waals surface area contributed by atoms with Gasteiger partial charge in [-0.2, -0.15) is 15.0 Å². The second-order valence-electron chi connectivity index (χ2n) is 12.5. The predicted octanol–water partition coefficient (Wildman–Crippen LogP) is 6.43. The van der Waals surface area contributed by atoms with Crippen molar-refractivity contribution in [3.05, 3.63) is 24.0 Å². The van der Waals surface area contributed by atoms with Crippen molar-refractivity contribution in [3.63, 3.8) is 0 Å². The second-order valence-corrected chi connectivity index (χ2v) is 12.5. The molecule has 8 unspecified atom stereocenters. The molecule has 0 aliphatic heterocycles. The number of ketones is 1. The van der Waals surface area contributed by atoms with Crippen LogP contribution in [0.3, 0.4) is 0 Å². The van der Waals surface area contributed by atoms with Gasteiger partial charge in [0.2, 0.25) is 0 Å². The van der Waals surface area contributed by atoms with Crippen molar-refractivity contribution in [2.75, 3.05) is 0 Å². The molecule has 5 heteroatoms. The molecule has 4 aliphatic rings. The standard InChI is InChI=1S/C28H38FN3O/c1-17-10-12-27(2)18(14-17)4-6-20-21-7-8-23(28(21,3)13-11-22(20)27)26(33)16-32-30-24-9-5-19(29)15-25(24)31-32/h5,9,15,17-18,20-23H,4,6-8,10-14,16H2,1-3H3. The first-order chi connectivity index (χ1) is 15.8. The average Bonchev–Trinajstić information content (AvgIpc) is 3.33. The molecule has 4 fully saturated rings. The number of Topliss-reactive ketones (excluding diaryl/α,β-unsaturated/α-hetero) is 1. The number of nitrogens with zero attached hydrogens (tertiary/aromatic N) is 3. The minimum absolute atomic E-state index is 0.103.